The third-order valence-corrected chi connectivity index (χ3v) is 4.55. The number of carbonyl (C=O) groups is 1. The predicted octanol–water partition coefficient (Wildman–Crippen LogP) is 3.41. The first-order chi connectivity index (χ1) is 9.58. The quantitative estimate of drug-likeness (QED) is 0.916. The minimum Gasteiger partial charge on any atom is -0.315 e. The average Bonchev–Trinajstić information content (AvgIpc) is 2.98. The van der Waals surface area contributed by atoms with E-state index in [0.29, 0.717) is 17.1 Å². The highest BCUT2D eigenvalue weighted by molar-refractivity contribution is 7.16. The summed E-state index contributed by atoms with van der Waals surface area (Å²) in [5.41, 5.74) is 0.496. The predicted molar refractivity (Wildman–Crippen MR) is 83.3 cm³/mol. The molecule has 2 rings (SSSR count). The first-order valence-electron chi connectivity index (χ1n) is 5.78. The minimum atomic E-state index is -0.130. The number of nitriles is 1. The van der Waals surface area contributed by atoms with E-state index in [0.717, 1.165) is 9.21 Å². The summed E-state index contributed by atoms with van der Waals surface area (Å²) in [4.78, 5) is 14.9. The molecule has 20 heavy (non-hydrogen) atoms. The van der Waals surface area contributed by atoms with E-state index in [1.807, 2.05) is 30.1 Å². The fourth-order valence-corrected chi connectivity index (χ4v) is 3.59. The van der Waals surface area contributed by atoms with Gasteiger partial charge in [-0.2, -0.15) is 5.26 Å². The van der Waals surface area contributed by atoms with Crippen LogP contribution in [0.3, 0.4) is 0 Å². The molecule has 104 valence electrons. The van der Waals surface area contributed by atoms with Crippen LogP contribution < -0.4 is 5.32 Å². The Morgan fingerprint density at radius 3 is 2.95 bits per heavy atom. The van der Waals surface area contributed by atoms with Crippen molar-refractivity contribution in [3.63, 3.8) is 0 Å². The Labute approximate surface area is 130 Å². The number of carbonyl (C=O) groups excluding carboxylic acids is 1. The smallest absolute Gasteiger partial charge is 0.239 e. The molecule has 0 fully saturated rings. The van der Waals surface area contributed by atoms with Crippen molar-refractivity contribution in [3.05, 3.63) is 38.4 Å². The highest BCUT2D eigenvalue weighted by atomic mass is 35.5. The van der Waals surface area contributed by atoms with Crippen LogP contribution in [0.15, 0.2) is 23.6 Å². The number of amides is 1. The van der Waals surface area contributed by atoms with Crippen molar-refractivity contribution < 1.29 is 4.79 Å². The number of hydrogen-bond acceptors (Lipinski definition) is 5. The molecular weight excluding hydrogens is 314 g/mol. The molecule has 0 aliphatic carbocycles. The van der Waals surface area contributed by atoms with Gasteiger partial charge in [0.25, 0.3) is 0 Å². The maximum absolute atomic E-state index is 11.9. The van der Waals surface area contributed by atoms with Crippen molar-refractivity contribution in [2.45, 2.75) is 6.54 Å². The highest BCUT2D eigenvalue weighted by Gasteiger charge is 2.11. The van der Waals surface area contributed by atoms with Gasteiger partial charge < -0.3 is 5.32 Å². The van der Waals surface area contributed by atoms with Crippen molar-refractivity contribution in [2.24, 2.45) is 0 Å². The SMILES string of the molecule is CN(CC(=O)Nc1sccc1C#N)Cc1ccc(Cl)s1. The molecule has 0 aliphatic heterocycles. The number of halogens is 1. The Morgan fingerprint density at radius 1 is 1.50 bits per heavy atom. The monoisotopic (exact) mass is 325 g/mol. The van der Waals surface area contributed by atoms with Crippen LogP contribution in [0.1, 0.15) is 10.4 Å². The molecule has 0 aliphatic rings. The number of nitrogens with one attached hydrogen (secondary N) is 1. The Kier molecular flexibility index (Phi) is 5.15. The van der Waals surface area contributed by atoms with Crippen molar-refractivity contribution in [2.75, 3.05) is 18.9 Å². The molecule has 7 heteroatoms. The lowest BCUT2D eigenvalue weighted by atomic mass is 10.3. The molecule has 2 heterocycles. The summed E-state index contributed by atoms with van der Waals surface area (Å²) in [5, 5.41) is 14.0. The Morgan fingerprint density at radius 2 is 2.30 bits per heavy atom. The van der Waals surface area contributed by atoms with Crippen LogP contribution in [0.4, 0.5) is 5.00 Å². The Bertz CT molecular complexity index is 644. The summed E-state index contributed by atoms with van der Waals surface area (Å²) < 4.78 is 0.745. The van der Waals surface area contributed by atoms with E-state index in [9.17, 15) is 4.79 Å². The molecule has 0 saturated carbocycles. The van der Waals surface area contributed by atoms with Gasteiger partial charge in [-0.1, -0.05) is 11.6 Å². The first-order valence-corrected chi connectivity index (χ1v) is 7.86. The van der Waals surface area contributed by atoms with Gasteiger partial charge in [0.05, 0.1) is 16.4 Å². The number of rotatable bonds is 5. The summed E-state index contributed by atoms with van der Waals surface area (Å²) in [6.07, 6.45) is 0. The van der Waals surface area contributed by atoms with Crippen LogP contribution in [0, 0.1) is 11.3 Å². The maximum atomic E-state index is 11.9. The second kappa shape index (κ2) is 6.86. The lowest BCUT2D eigenvalue weighted by Gasteiger charge is -2.14. The van der Waals surface area contributed by atoms with Gasteiger partial charge in [-0.15, -0.1) is 22.7 Å². The zero-order valence-corrected chi connectivity index (χ0v) is 13.1. The number of likely N-dealkylation sites (N-methyl/N-ethyl adjacent to an activating group) is 1. The van der Waals surface area contributed by atoms with Crippen LogP contribution in [-0.2, 0) is 11.3 Å². The van der Waals surface area contributed by atoms with Crippen LogP contribution in [0.25, 0.3) is 0 Å². The first kappa shape index (κ1) is 15.0. The van der Waals surface area contributed by atoms with Crippen LogP contribution in [0.2, 0.25) is 4.34 Å². The minimum absolute atomic E-state index is 0.130. The summed E-state index contributed by atoms with van der Waals surface area (Å²) >= 11 is 8.72. The lowest BCUT2D eigenvalue weighted by molar-refractivity contribution is -0.117. The molecule has 0 spiro atoms. The second-order valence-corrected chi connectivity index (χ2v) is 6.92. The molecule has 1 amide bonds. The van der Waals surface area contributed by atoms with Crippen LogP contribution in [0.5, 0.6) is 0 Å². The zero-order chi connectivity index (χ0) is 14.5. The van der Waals surface area contributed by atoms with E-state index in [-0.39, 0.29) is 12.5 Å². The molecule has 0 aromatic carbocycles. The fraction of sp³-hybridized carbons (Fsp3) is 0.231. The summed E-state index contributed by atoms with van der Waals surface area (Å²) in [6, 6.07) is 7.54. The standard InChI is InChI=1S/C13H12ClN3OS2/c1-17(7-10-2-3-11(14)20-10)8-12(18)16-13-9(6-15)4-5-19-13/h2-5H,7-8H2,1H3,(H,16,18). The zero-order valence-electron chi connectivity index (χ0n) is 10.7. The van der Waals surface area contributed by atoms with E-state index < -0.39 is 0 Å². The van der Waals surface area contributed by atoms with Crippen molar-refractivity contribution in [3.8, 4) is 6.07 Å². The van der Waals surface area contributed by atoms with Gasteiger partial charge in [0.2, 0.25) is 5.91 Å². The third-order valence-electron chi connectivity index (χ3n) is 2.51. The molecular formula is C13H12ClN3OS2. The molecule has 0 saturated heterocycles. The number of thiophene rings is 2. The molecule has 0 bridgehead atoms. The van der Waals surface area contributed by atoms with Gasteiger partial charge in [-0.25, -0.2) is 0 Å². The Balaban J connectivity index is 1.87. The lowest BCUT2D eigenvalue weighted by Crippen LogP contribution is -2.29. The van der Waals surface area contributed by atoms with Gasteiger partial charge in [0.1, 0.15) is 11.1 Å². The van der Waals surface area contributed by atoms with Gasteiger partial charge in [0.15, 0.2) is 0 Å². The fourth-order valence-electron chi connectivity index (χ4n) is 1.66. The van der Waals surface area contributed by atoms with Crippen molar-refractivity contribution in [1.29, 1.82) is 5.26 Å². The Hall–Kier alpha value is -1.39. The maximum Gasteiger partial charge on any atom is 0.239 e. The average molecular weight is 326 g/mol. The van der Waals surface area contributed by atoms with E-state index in [1.165, 1.54) is 22.7 Å². The molecule has 4 nitrogen and oxygen atoms in total. The van der Waals surface area contributed by atoms with E-state index in [2.05, 4.69) is 5.32 Å². The molecule has 2 aromatic heterocycles. The summed E-state index contributed by atoms with van der Waals surface area (Å²) in [6.45, 7) is 0.929. The van der Waals surface area contributed by atoms with Gasteiger partial charge in [-0.3, -0.25) is 9.69 Å². The van der Waals surface area contributed by atoms with Crippen LogP contribution >= 0.6 is 34.3 Å². The summed E-state index contributed by atoms with van der Waals surface area (Å²) in [7, 11) is 1.87. The van der Waals surface area contributed by atoms with E-state index in [1.54, 1.807) is 11.4 Å². The van der Waals surface area contributed by atoms with Crippen molar-refractivity contribution >= 4 is 45.2 Å². The van der Waals surface area contributed by atoms with Crippen LogP contribution in [-0.4, -0.2) is 24.4 Å². The number of nitrogens with zero attached hydrogens (tertiary/aromatic N) is 2. The largest absolute Gasteiger partial charge is 0.315 e. The van der Waals surface area contributed by atoms with E-state index >= 15 is 0 Å². The van der Waals surface area contributed by atoms with Gasteiger partial charge in [0, 0.05) is 11.4 Å². The van der Waals surface area contributed by atoms with Crippen molar-refractivity contribution in [1.82, 2.24) is 4.90 Å². The molecule has 2 aromatic rings. The third kappa shape index (κ3) is 4.05. The molecule has 1 N–H and O–H groups in total. The number of anilines is 1. The number of hydrogen-bond donors (Lipinski definition) is 1. The molecule has 0 radical (unpaired) electrons. The van der Waals surface area contributed by atoms with E-state index in [4.69, 9.17) is 16.9 Å². The summed E-state index contributed by atoms with van der Waals surface area (Å²) in [5.74, 6) is -0.130. The molecule has 0 atom stereocenters. The second-order valence-electron chi connectivity index (χ2n) is 4.20. The normalized spacial score (nSPS) is 10.5. The highest BCUT2D eigenvalue weighted by Crippen LogP contribution is 2.23. The van der Waals surface area contributed by atoms with Gasteiger partial charge in [-0.05, 0) is 30.6 Å². The van der Waals surface area contributed by atoms with Gasteiger partial charge >= 0.3 is 0 Å². The molecule has 0 unspecified atom stereocenters. The topological polar surface area (TPSA) is 56.1 Å².